The Hall–Kier alpha value is -1.26. The minimum atomic E-state index is -0.0212. The van der Waals surface area contributed by atoms with Crippen LogP contribution in [-0.2, 0) is 0 Å². The van der Waals surface area contributed by atoms with Crippen molar-refractivity contribution in [3.8, 4) is 11.5 Å². The second-order valence-corrected chi connectivity index (χ2v) is 4.25. The molecule has 4 heteroatoms. The van der Waals surface area contributed by atoms with Crippen molar-refractivity contribution in [3.05, 3.63) is 23.8 Å². The maximum atomic E-state index is 9.73. The molecule has 0 aliphatic heterocycles. The monoisotopic (exact) mass is 239 g/mol. The zero-order chi connectivity index (χ0) is 12.8. The number of phenols is 2. The van der Waals surface area contributed by atoms with Crippen molar-refractivity contribution in [1.82, 2.24) is 5.32 Å². The summed E-state index contributed by atoms with van der Waals surface area (Å²) in [4.78, 5) is 0. The number of aliphatic hydroxyl groups is 1. The van der Waals surface area contributed by atoms with E-state index >= 15 is 0 Å². The Labute approximate surface area is 102 Å². The number of aliphatic hydroxyl groups excluding tert-OH is 1. The molecule has 0 aromatic heterocycles. The third-order valence-corrected chi connectivity index (χ3v) is 2.94. The van der Waals surface area contributed by atoms with Gasteiger partial charge in [0.2, 0.25) is 0 Å². The van der Waals surface area contributed by atoms with Crippen LogP contribution in [-0.4, -0.2) is 28.0 Å². The van der Waals surface area contributed by atoms with Crippen molar-refractivity contribution in [2.24, 2.45) is 0 Å². The van der Waals surface area contributed by atoms with Crippen molar-refractivity contribution in [3.63, 3.8) is 0 Å². The van der Waals surface area contributed by atoms with Gasteiger partial charge >= 0.3 is 0 Å². The molecule has 0 spiro atoms. The summed E-state index contributed by atoms with van der Waals surface area (Å²) >= 11 is 0. The van der Waals surface area contributed by atoms with E-state index in [9.17, 15) is 10.2 Å². The maximum absolute atomic E-state index is 9.73. The van der Waals surface area contributed by atoms with Crippen LogP contribution in [0.25, 0.3) is 0 Å². The van der Waals surface area contributed by atoms with Crippen LogP contribution < -0.4 is 5.32 Å². The summed E-state index contributed by atoms with van der Waals surface area (Å²) in [6.07, 6.45) is 1.61. The van der Waals surface area contributed by atoms with Gasteiger partial charge in [0.05, 0.1) is 0 Å². The smallest absolute Gasteiger partial charge is 0.124 e. The van der Waals surface area contributed by atoms with E-state index in [1.807, 2.05) is 6.92 Å². The Morgan fingerprint density at radius 2 is 2.00 bits per heavy atom. The highest BCUT2D eigenvalue weighted by atomic mass is 16.3. The summed E-state index contributed by atoms with van der Waals surface area (Å²) < 4.78 is 0. The van der Waals surface area contributed by atoms with E-state index in [1.165, 1.54) is 6.07 Å². The number of phenolic OH excluding ortho intramolecular Hbond substituents is 2. The van der Waals surface area contributed by atoms with Crippen LogP contribution in [0.4, 0.5) is 0 Å². The summed E-state index contributed by atoms with van der Waals surface area (Å²) in [5, 5.41) is 31.2. The Kier molecular flexibility index (Phi) is 5.25. The highest BCUT2D eigenvalue weighted by Gasteiger charge is 2.14. The fraction of sp³-hybridized carbons (Fsp3) is 0.538. The molecule has 96 valence electrons. The quantitative estimate of drug-likeness (QED) is 0.612. The molecule has 17 heavy (non-hydrogen) atoms. The Bertz CT molecular complexity index is 355. The second-order valence-electron chi connectivity index (χ2n) is 4.25. The van der Waals surface area contributed by atoms with Crippen LogP contribution in [0.15, 0.2) is 18.2 Å². The van der Waals surface area contributed by atoms with E-state index in [0.29, 0.717) is 6.42 Å². The van der Waals surface area contributed by atoms with Crippen LogP contribution >= 0.6 is 0 Å². The highest BCUT2D eigenvalue weighted by Crippen LogP contribution is 2.28. The third kappa shape index (κ3) is 3.91. The molecule has 0 heterocycles. The van der Waals surface area contributed by atoms with Crippen molar-refractivity contribution in [2.45, 2.75) is 38.8 Å². The number of rotatable bonds is 6. The molecule has 2 atom stereocenters. The number of nitrogens with one attached hydrogen (secondary N) is 1. The van der Waals surface area contributed by atoms with Gasteiger partial charge < -0.3 is 20.6 Å². The summed E-state index contributed by atoms with van der Waals surface area (Å²) in [5.41, 5.74) is 0.749. The van der Waals surface area contributed by atoms with Gasteiger partial charge in [-0.3, -0.25) is 0 Å². The molecule has 0 aliphatic carbocycles. The van der Waals surface area contributed by atoms with Crippen LogP contribution in [0.5, 0.6) is 11.5 Å². The van der Waals surface area contributed by atoms with Crippen molar-refractivity contribution >= 4 is 0 Å². The van der Waals surface area contributed by atoms with Crippen molar-refractivity contribution in [2.75, 3.05) is 6.61 Å². The SMILES string of the molecule is CCC(CCO)NC(C)c1ccc(O)cc1O. The minimum absolute atomic E-state index is 0.0212. The van der Waals surface area contributed by atoms with E-state index in [1.54, 1.807) is 12.1 Å². The van der Waals surface area contributed by atoms with Crippen LogP contribution in [0.1, 0.15) is 38.3 Å². The van der Waals surface area contributed by atoms with E-state index in [4.69, 9.17) is 5.11 Å². The van der Waals surface area contributed by atoms with Gasteiger partial charge in [0, 0.05) is 30.3 Å². The van der Waals surface area contributed by atoms with E-state index in [2.05, 4.69) is 12.2 Å². The molecule has 4 N–H and O–H groups in total. The fourth-order valence-electron chi connectivity index (χ4n) is 1.90. The molecule has 1 aromatic rings. The summed E-state index contributed by atoms with van der Waals surface area (Å²) in [6, 6.07) is 4.80. The lowest BCUT2D eigenvalue weighted by Gasteiger charge is -2.22. The lowest BCUT2D eigenvalue weighted by Crippen LogP contribution is -2.31. The predicted octanol–water partition coefficient (Wildman–Crippen LogP) is 1.91. The first-order chi connectivity index (χ1) is 8.08. The molecule has 0 aliphatic rings. The third-order valence-electron chi connectivity index (χ3n) is 2.94. The lowest BCUT2D eigenvalue weighted by atomic mass is 10.0. The van der Waals surface area contributed by atoms with E-state index < -0.39 is 0 Å². The van der Waals surface area contributed by atoms with Gasteiger partial charge in [-0.05, 0) is 25.8 Å². The van der Waals surface area contributed by atoms with Crippen molar-refractivity contribution < 1.29 is 15.3 Å². The van der Waals surface area contributed by atoms with Gasteiger partial charge in [-0.2, -0.15) is 0 Å². The molecule has 0 saturated carbocycles. The lowest BCUT2D eigenvalue weighted by molar-refractivity contribution is 0.256. The van der Waals surface area contributed by atoms with Gasteiger partial charge in [0.15, 0.2) is 0 Å². The molecule has 1 aromatic carbocycles. The molecule has 0 bridgehead atoms. The first kappa shape index (κ1) is 13.8. The zero-order valence-corrected chi connectivity index (χ0v) is 10.3. The van der Waals surface area contributed by atoms with Gasteiger partial charge in [-0.1, -0.05) is 13.0 Å². The number of hydrogen-bond donors (Lipinski definition) is 4. The van der Waals surface area contributed by atoms with Gasteiger partial charge in [0.25, 0.3) is 0 Å². The normalized spacial score (nSPS) is 14.5. The highest BCUT2D eigenvalue weighted by molar-refractivity contribution is 5.40. The van der Waals surface area contributed by atoms with E-state index in [-0.39, 0.29) is 30.2 Å². The van der Waals surface area contributed by atoms with E-state index in [0.717, 1.165) is 12.0 Å². The summed E-state index contributed by atoms with van der Waals surface area (Å²) in [5.74, 6) is 0.143. The van der Waals surface area contributed by atoms with Gasteiger partial charge in [-0.15, -0.1) is 0 Å². The van der Waals surface area contributed by atoms with Crippen molar-refractivity contribution in [1.29, 1.82) is 0 Å². The molecular weight excluding hydrogens is 218 g/mol. The number of benzene rings is 1. The van der Waals surface area contributed by atoms with Crippen LogP contribution in [0, 0.1) is 0 Å². The predicted molar refractivity (Wildman–Crippen MR) is 67.1 cm³/mol. The first-order valence-corrected chi connectivity index (χ1v) is 5.97. The molecule has 2 unspecified atom stereocenters. The first-order valence-electron chi connectivity index (χ1n) is 5.97. The topological polar surface area (TPSA) is 72.7 Å². The zero-order valence-electron chi connectivity index (χ0n) is 10.3. The largest absolute Gasteiger partial charge is 0.508 e. The van der Waals surface area contributed by atoms with Crippen LogP contribution in [0.3, 0.4) is 0 Å². The van der Waals surface area contributed by atoms with Crippen LogP contribution in [0.2, 0.25) is 0 Å². The summed E-state index contributed by atoms with van der Waals surface area (Å²) in [6.45, 7) is 4.16. The second kappa shape index (κ2) is 6.47. The standard InChI is InChI=1S/C13H21NO3/c1-3-10(6-7-15)14-9(2)12-5-4-11(16)8-13(12)17/h4-5,8-10,14-17H,3,6-7H2,1-2H3. The molecule has 0 amide bonds. The molecular formula is C13H21NO3. The Morgan fingerprint density at radius 1 is 1.29 bits per heavy atom. The average molecular weight is 239 g/mol. The van der Waals surface area contributed by atoms with Gasteiger partial charge in [0.1, 0.15) is 11.5 Å². The number of aromatic hydroxyl groups is 2. The Morgan fingerprint density at radius 3 is 2.53 bits per heavy atom. The molecule has 0 radical (unpaired) electrons. The van der Waals surface area contributed by atoms with Gasteiger partial charge in [-0.25, -0.2) is 0 Å². The summed E-state index contributed by atoms with van der Waals surface area (Å²) in [7, 11) is 0. The molecule has 4 nitrogen and oxygen atoms in total. The molecule has 0 fully saturated rings. The maximum Gasteiger partial charge on any atom is 0.124 e. The fourth-order valence-corrected chi connectivity index (χ4v) is 1.90. The molecule has 1 rings (SSSR count). The molecule has 0 saturated heterocycles. The number of hydrogen-bond acceptors (Lipinski definition) is 4. The Balaban J connectivity index is 2.71. The average Bonchev–Trinajstić information content (AvgIpc) is 2.28. The minimum Gasteiger partial charge on any atom is -0.508 e.